The highest BCUT2D eigenvalue weighted by Crippen LogP contribution is 2.21. The van der Waals surface area contributed by atoms with Gasteiger partial charge in [0.25, 0.3) is 12.3 Å². The van der Waals surface area contributed by atoms with Crippen LogP contribution in [0.15, 0.2) is 29.6 Å². The van der Waals surface area contributed by atoms with Crippen molar-refractivity contribution in [3.05, 3.63) is 52.1 Å². The van der Waals surface area contributed by atoms with E-state index in [0.29, 0.717) is 0 Å². The van der Waals surface area contributed by atoms with Crippen molar-refractivity contribution in [2.45, 2.75) is 26.0 Å². The Balaban J connectivity index is 1.91. The van der Waals surface area contributed by atoms with E-state index in [1.165, 1.54) is 37.7 Å². The van der Waals surface area contributed by atoms with Crippen LogP contribution in [0.4, 0.5) is 13.2 Å². The lowest BCUT2D eigenvalue weighted by molar-refractivity contribution is 0.0933. The van der Waals surface area contributed by atoms with E-state index in [-0.39, 0.29) is 22.8 Å². The second kappa shape index (κ2) is 8.70. The van der Waals surface area contributed by atoms with Gasteiger partial charge in [-0.1, -0.05) is 22.8 Å². The van der Waals surface area contributed by atoms with E-state index < -0.39 is 29.9 Å². The molecular weight excluding hydrogens is 373 g/mol. The minimum absolute atomic E-state index is 0.153. The molecule has 1 unspecified atom stereocenters. The Morgan fingerprint density at radius 2 is 2.23 bits per heavy atom. The first kappa shape index (κ1) is 19.8. The number of carbonyl (C=O) groups is 1. The number of halogens is 4. The van der Waals surface area contributed by atoms with Crippen LogP contribution in [0, 0.1) is 5.82 Å². The number of hydrogen-bond acceptors (Lipinski definition) is 4. The summed E-state index contributed by atoms with van der Waals surface area (Å²) in [4.78, 5) is 17.0. The number of nitrogens with one attached hydrogen (secondary N) is 1. The smallest absolute Gasteiger partial charge is 0.282 e. The highest BCUT2D eigenvalue weighted by molar-refractivity contribution is 6.31. The number of hydrogen-bond donors (Lipinski definition) is 1. The molecule has 0 radical (unpaired) electrons. The van der Waals surface area contributed by atoms with Crippen LogP contribution in [0.3, 0.4) is 0 Å². The number of aryl methyl sites for hydroxylation is 1. The highest BCUT2D eigenvalue weighted by Gasteiger charge is 2.23. The van der Waals surface area contributed by atoms with Crippen LogP contribution in [0.5, 0.6) is 0 Å². The van der Waals surface area contributed by atoms with Gasteiger partial charge in [0, 0.05) is 18.8 Å². The van der Waals surface area contributed by atoms with Gasteiger partial charge in [-0.25, -0.2) is 13.2 Å². The molecule has 2 aromatic rings. The second-order valence-corrected chi connectivity index (χ2v) is 5.80. The third-order valence-corrected chi connectivity index (χ3v) is 3.65. The van der Waals surface area contributed by atoms with Gasteiger partial charge in [0.1, 0.15) is 18.1 Å². The Labute approximate surface area is 152 Å². The average Bonchev–Trinajstić information content (AvgIpc) is 2.96. The molecule has 1 N–H and O–H groups in total. The number of amides is 1. The molecule has 0 aliphatic carbocycles. The summed E-state index contributed by atoms with van der Waals surface area (Å²) in [5, 5.41) is 9.87. The molecule has 10 heteroatoms. The largest absolute Gasteiger partial charge is 0.391 e. The van der Waals surface area contributed by atoms with Crippen molar-refractivity contribution in [1.29, 1.82) is 0 Å². The third-order valence-electron chi connectivity index (χ3n) is 3.30. The molecule has 0 aliphatic rings. The molecule has 1 heterocycles. The fourth-order valence-electron chi connectivity index (χ4n) is 2.07. The van der Waals surface area contributed by atoms with E-state index in [1.54, 1.807) is 6.92 Å². The summed E-state index contributed by atoms with van der Waals surface area (Å²) in [6.45, 7) is 1.38. The fraction of sp³-hybridized carbons (Fsp3) is 0.312. The van der Waals surface area contributed by atoms with E-state index in [9.17, 15) is 18.0 Å². The topological polar surface area (TPSA) is 68.5 Å². The predicted molar refractivity (Wildman–Crippen MR) is 89.8 cm³/mol. The number of benzene rings is 1. The van der Waals surface area contributed by atoms with Gasteiger partial charge in [0.05, 0.1) is 22.8 Å². The standard InChI is InChI=1S/C16H16ClF3N4O2/c1-9(6-21-26-8-11-12(17)4-3-5-13(11)18)22-16(25)10-7-24(2)23-14(10)15(19)20/h3-7,9,15H,8H2,1-2H3,(H,22,25). The molecule has 0 saturated heterocycles. The van der Waals surface area contributed by atoms with Gasteiger partial charge < -0.3 is 10.2 Å². The molecule has 1 atom stereocenters. The maximum Gasteiger partial charge on any atom is 0.282 e. The molecule has 0 bridgehead atoms. The summed E-state index contributed by atoms with van der Waals surface area (Å²) >= 11 is 5.85. The molecule has 0 aliphatic heterocycles. The van der Waals surface area contributed by atoms with Crippen molar-refractivity contribution in [2.24, 2.45) is 12.2 Å². The van der Waals surface area contributed by atoms with E-state index >= 15 is 0 Å². The SMILES string of the molecule is CC(C=NOCc1c(F)cccc1Cl)NC(=O)c1cn(C)nc1C(F)F. The van der Waals surface area contributed by atoms with Gasteiger partial charge in [-0.2, -0.15) is 5.10 Å². The monoisotopic (exact) mass is 388 g/mol. The fourth-order valence-corrected chi connectivity index (χ4v) is 2.29. The lowest BCUT2D eigenvalue weighted by Gasteiger charge is -2.09. The number of alkyl halides is 2. The van der Waals surface area contributed by atoms with E-state index in [0.717, 1.165) is 4.68 Å². The predicted octanol–water partition coefficient (Wildman–Crippen LogP) is 3.47. The molecule has 0 spiro atoms. The zero-order valence-electron chi connectivity index (χ0n) is 13.9. The number of rotatable bonds is 7. The number of carbonyl (C=O) groups excluding carboxylic acids is 1. The third kappa shape index (κ3) is 4.98. The number of aromatic nitrogens is 2. The van der Waals surface area contributed by atoms with Gasteiger partial charge in [0.2, 0.25) is 0 Å². The van der Waals surface area contributed by atoms with Crippen LogP contribution < -0.4 is 5.32 Å². The van der Waals surface area contributed by atoms with Crippen LogP contribution in [-0.2, 0) is 18.5 Å². The Morgan fingerprint density at radius 3 is 2.88 bits per heavy atom. The van der Waals surface area contributed by atoms with Crippen LogP contribution in [-0.4, -0.2) is 27.9 Å². The first-order chi connectivity index (χ1) is 12.3. The molecule has 0 fully saturated rings. The molecule has 26 heavy (non-hydrogen) atoms. The lowest BCUT2D eigenvalue weighted by atomic mass is 10.2. The van der Waals surface area contributed by atoms with E-state index in [2.05, 4.69) is 15.6 Å². The zero-order chi connectivity index (χ0) is 19.3. The van der Waals surface area contributed by atoms with Crippen LogP contribution >= 0.6 is 11.6 Å². The van der Waals surface area contributed by atoms with Gasteiger partial charge >= 0.3 is 0 Å². The Bertz CT molecular complexity index is 791. The highest BCUT2D eigenvalue weighted by atomic mass is 35.5. The maximum absolute atomic E-state index is 13.6. The van der Waals surface area contributed by atoms with E-state index in [1.807, 2.05) is 0 Å². The minimum atomic E-state index is -2.87. The molecule has 1 aromatic carbocycles. The summed E-state index contributed by atoms with van der Waals surface area (Å²) < 4.78 is 40.4. The molecule has 6 nitrogen and oxygen atoms in total. The zero-order valence-corrected chi connectivity index (χ0v) is 14.7. The maximum atomic E-state index is 13.6. The molecule has 0 saturated carbocycles. The lowest BCUT2D eigenvalue weighted by Crippen LogP contribution is -2.34. The number of oxime groups is 1. The summed E-state index contributed by atoms with van der Waals surface area (Å²) in [7, 11) is 1.44. The van der Waals surface area contributed by atoms with Gasteiger partial charge in [0.15, 0.2) is 0 Å². The molecule has 1 aromatic heterocycles. The van der Waals surface area contributed by atoms with Crippen molar-refractivity contribution >= 4 is 23.7 Å². The summed E-state index contributed by atoms with van der Waals surface area (Å²) in [6.07, 6.45) is -0.419. The second-order valence-electron chi connectivity index (χ2n) is 5.39. The van der Waals surface area contributed by atoms with Gasteiger partial charge in [-0.3, -0.25) is 9.48 Å². The van der Waals surface area contributed by atoms with Crippen molar-refractivity contribution in [1.82, 2.24) is 15.1 Å². The Hall–Kier alpha value is -2.55. The van der Waals surface area contributed by atoms with Gasteiger partial charge in [-0.05, 0) is 19.1 Å². The normalized spacial score (nSPS) is 12.6. The number of nitrogens with zero attached hydrogens (tertiary/aromatic N) is 3. The first-order valence-corrected chi connectivity index (χ1v) is 7.88. The molecule has 1 amide bonds. The van der Waals surface area contributed by atoms with Crippen molar-refractivity contribution in [3.63, 3.8) is 0 Å². The Kier molecular flexibility index (Phi) is 6.62. The minimum Gasteiger partial charge on any atom is -0.391 e. The first-order valence-electron chi connectivity index (χ1n) is 7.50. The molecule has 140 valence electrons. The van der Waals surface area contributed by atoms with Crippen molar-refractivity contribution < 1.29 is 22.8 Å². The average molecular weight is 389 g/mol. The van der Waals surface area contributed by atoms with Crippen molar-refractivity contribution in [3.8, 4) is 0 Å². The van der Waals surface area contributed by atoms with E-state index in [4.69, 9.17) is 16.4 Å². The Morgan fingerprint density at radius 1 is 1.50 bits per heavy atom. The summed E-state index contributed by atoms with van der Waals surface area (Å²) in [5.41, 5.74) is -0.665. The summed E-state index contributed by atoms with van der Waals surface area (Å²) in [6, 6.07) is 3.61. The van der Waals surface area contributed by atoms with Crippen LogP contribution in [0.1, 0.15) is 35.0 Å². The molecular formula is C16H16ClF3N4O2. The summed E-state index contributed by atoms with van der Waals surface area (Å²) in [5.74, 6) is -1.24. The quantitative estimate of drug-likeness (QED) is 0.583. The van der Waals surface area contributed by atoms with Crippen LogP contribution in [0.2, 0.25) is 5.02 Å². The van der Waals surface area contributed by atoms with Crippen LogP contribution in [0.25, 0.3) is 0 Å². The molecule has 2 rings (SSSR count). The van der Waals surface area contributed by atoms with Gasteiger partial charge in [-0.15, -0.1) is 0 Å². The van der Waals surface area contributed by atoms with Crippen molar-refractivity contribution in [2.75, 3.05) is 0 Å².